The molecule has 2 unspecified atom stereocenters. The van der Waals surface area contributed by atoms with Crippen LogP contribution in [0.3, 0.4) is 0 Å². The highest BCUT2D eigenvalue weighted by Crippen LogP contribution is 2.32. The van der Waals surface area contributed by atoms with Crippen LogP contribution in [-0.4, -0.2) is 31.5 Å². The molecule has 3 heteroatoms. The van der Waals surface area contributed by atoms with Gasteiger partial charge >= 0.3 is 0 Å². The van der Waals surface area contributed by atoms with Crippen LogP contribution >= 0.6 is 0 Å². The summed E-state index contributed by atoms with van der Waals surface area (Å²) in [5.74, 6) is 0.168. The van der Waals surface area contributed by atoms with Gasteiger partial charge in [-0.05, 0) is 19.3 Å². The lowest BCUT2D eigenvalue weighted by Crippen LogP contribution is -2.46. The number of ether oxygens (including phenoxy) is 1. The SMILES string of the molecule is CCC(CC)C(C)(F)CC1COCCN1. The molecule has 90 valence electrons. The molecule has 0 aromatic heterocycles. The van der Waals surface area contributed by atoms with E-state index in [2.05, 4.69) is 19.2 Å². The summed E-state index contributed by atoms with van der Waals surface area (Å²) in [5, 5.41) is 3.31. The molecule has 1 heterocycles. The maximum Gasteiger partial charge on any atom is 0.112 e. The van der Waals surface area contributed by atoms with Crippen LogP contribution in [-0.2, 0) is 4.74 Å². The van der Waals surface area contributed by atoms with Crippen molar-refractivity contribution in [1.82, 2.24) is 5.32 Å². The summed E-state index contributed by atoms with van der Waals surface area (Å²) in [6.45, 7) is 8.13. The Morgan fingerprint density at radius 1 is 1.47 bits per heavy atom. The molecule has 0 saturated carbocycles. The van der Waals surface area contributed by atoms with E-state index in [4.69, 9.17) is 4.74 Å². The largest absolute Gasteiger partial charge is 0.379 e. The first-order valence-electron chi connectivity index (χ1n) is 6.10. The van der Waals surface area contributed by atoms with Crippen LogP contribution in [0.4, 0.5) is 4.39 Å². The lowest BCUT2D eigenvalue weighted by Gasteiger charge is -2.34. The highest BCUT2D eigenvalue weighted by atomic mass is 19.1. The number of rotatable bonds is 5. The van der Waals surface area contributed by atoms with Gasteiger partial charge in [-0.15, -0.1) is 0 Å². The number of nitrogens with one attached hydrogen (secondary N) is 1. The van der Waals surface area contributed by atoms with Crippen molar-refractivity contribution >= 4 is 0 Å². The normalized spacial score (nSPS) is 26.6. The van der Waals surface area contributed by atoms with Gasteiger partial charge in [-0.1, -0.05) is 26.7 Å². The molecule has 2 nitrogen and oxygen atoms in total. The minimum atomic E-state index is -1.07. The molecule has 0 aromatic carbocycles. The summed E-state index contributed by atoms with van der Waals surface area (Å²) in [5.41, 5.74) is -1.07. The number of morpholine rings is 1. The first-order valence-corrected chi connectivity index (χ1v) is 6.10. The zero-order chi connectivity index (χ0) is 11.3. The monoisotopic (exact) mass is 217 g/mol. The topological polar surface area (TPSA) is 21.3 Å². The van der Waals surface area contributed by atoms with Gasteiger partial charge in [0.15, 0.2) is 0 Å². The predicted molar refractivity (Wildman–Crippen MR) is 60.8 cm³/mol. The molecule has 1 saturated heterocycles. The Balaban J connectivity index is 2.45. The van der Waals surface area contributed by atoms with Gasteiger partial charge in [0.25, 0.3) is 0 Å². The molecule has 0 amide bonds. The number of alkyl halides is 1. The van der Waals surface area contributed by atoms with Crippen molar-refractivity contribution in [2.45, 2.75) is 51.7 Å². The molecule has 0 radical (unpaired) electrons. The lowest BCUT2D eigenvalue weighted by molar-refractivity contribution is 0.0236. The third-order valence-corrected chi connectivity index (χ3v) is 3.48. The van der Waals surface area contributed by atoms with Crippen molar-refractivity contribution in [2.24, 2.45) is 5.92 Å². The highest BCUT2D eigenvalue weighted by Gasteiger charge is 2.34. The van der Waals surface area contributed by atoms with Crippen LogP contribution < -0.4 is 5.32 Å². The fraction of sp³-hybridized carbons (Fsp3) is 1.00. The molecule has 1 rings (SSSR count). The molecule has 15 heavy (non-hydrogen) atoms. The van der Waals surface area contributed by atoms with Crippen molar-refractivity contribution in [3.05, 3.63) is 0 Å². The van der Waals surface area contributed by atoms with Crippen molar-refractivity contribution < 1.29 is 9.13 Å². The smallest absolute Gasteiger partial charge is 0.112 e. The molecule has 2 atom stereocenters. The summed E-state index contributed by atoms with van der Waals surface area (Å²) in [6, 6.07) is 0.189. The average molecular weight is 217 g/mol. The van der Waals surface area contributed by atoms with E-state index in [1.165, 1.54) is 0 Å². The van der Waals surface area contributed by atoms with Gasteiger partial charge in [0, 0.05) is 12.6 Å². The van der Waals surface area contributed by atoms with Crippen molar-refractivity contribution in [3.8, 4) is 0 Å². The Labute approximate surface area is 92.6 Å². The fourth-order valence-electron chi connectivity index (χ4n) is 2.54. The maximum absolute atomic E-state index is 14.4. The van der Waals surface area contributed by atoms with E-state index in [9.17, 15) is 4.39 Å². The van der Waals surface area contributed by atoms with Gasteiger partial charge < -0.3 is 10.1 Å². The number of hydrogen-bond acceptors (Lipinski definition) is 2. The zero-order valence-corrected chi connectivity index (χ0v) is 10.2. The highest BCUT2D eigenvalue weighted by molar-refractivity contribution is 4.87. The average Bonchev–Trinajstić information content (AvgIpc) is 2.19. The Morgan fingerprint density at radius 3 is 2.60 bits per heavy atom. The Morgan fingerprint density at radius 2 is 2.13 bits per heavy atom. The molecule has 1 aliphatic rings. The summed E-state index contributed by atoms with van der Waals surface area (Å²) >= 11 is 0. The van der Waals surface area contributed by atoms with E-state index >= 15 is 0 Å². The summed E-state index contributed by atoms with van der Waals surface area (Å²) in [4.78, 5) is 0. The zero-order valence-electron chi connectivity index (χ0n) is 10.2. The number of halogens is 1. The second-order valence-corrected chi connectivity index (χ2v) is 4.72. The minimum absolute atomic E-state index is 0.168. The molecule has 1 aliphatic heterocycles. The Kier molecular flexibility index (Phi) is 5.00. The summed E-state index contributed by atoms with van der Waals surface area (Å²) in [6.07, 6.45) is 2.40. The first kappa shape index (κ1) is 12.9. The second kappa shape index (κ2) is 5.80. The fourth-order valence-corrected chi connectivity index (χ4v) is 2.54. The Hall–Kier alpha value is -0.150. The Bertz CT molecular complexity index is 174. The lowest BCUT2D eigenvalue weighted by atomic mass is 9.82. The van der Waals surface area contributed by atoms with Crippen LogP contribution in [0.1, 0.15) is 40.0 Å². The third-order valence-electron chi connectivity index (χ3n) is 3.48. The second-order valence-electron chi connectivity index (χ2n) is 4.72. The van der Waals surface area contributed by atoms with Gasteiger partial charge in [0.05, 0.1) is 13.2 Å². The predicted octanol–water partition coefficient (Wildman–Crippen LogP) is 2.53. The van der Waals surface area contributed by atoms with Crippen molar-refractivity contribution in [2.75, 3.05) is 19.8 Å². The summed E-state index contributed by atoms with van der Waals surface area (Å²) < 4.78 is 19.8. The van der Waals surface area contributed by atoms with E-state index < -0.39 is 5.67 Å². The van der Waals surface area contributed by atoms with Crippen LogP contribution in [0, 0.1) is 5.92 Å². The van der Waals surface area contributed by atoms with E-state index in [1.807, 2.05) is 0 Å². The van der Waals surface area contributed by atoms with E-state index in [-0.39, 0.29) is 12.0 Å². The molecule has 0 spiro atoms. The molecule has 0 bridgehead atoms. The molecule has 0 aromatic rings. The van der Waals surface area contributed by atoms with Gasteiger partial charge in [-0.2, -0.15) is 0 Å². The third kappa shape index (κ3) is 3.72. The van der Waals surface area contributed by atoms with Crippen LogP contribution in [0.15, 0.2) is 0 Å². The molecular formula is C12H24FNO. The standard InChI is InChI=1S/C12H24FNO/c1-4-10(5-2)12(3,13)8-11-9-15-7-6-14-11/h10-11,14H,4-9H2,1-3H3. The van der Waals surface area contributed by atoms with Gasteiger partial charge in [-0.25, -0.2) is 4.39 Å². The van der Waals surface area contributed by atoms with Gasteiger partial charge in [0.2, 0.25) is 0 Å². The van der Waals surface area contributed by atoms with E-state index in [0.717, 1.165) is 26.0 Å². The van der Waals surface area contributed by atoms with Crippen LogP contribution in [0.2, 0.25) is 0 Å². The van der Waals surface area contributed by atoms with E-state index in [0.29, 0.717) is 13.0 Å². The van der Waals surface area contributed by atoms with Gasteiger partial charge in [-0.3, -0.25) is 0 Å². The number of hydrogen-bond donors (Lipinski definition) is 1. The van der Waals surface area contributed by atoms with Gasteiger partial charge in [0.1, 0.15) is 5.67 Å². The van der Waals surface area contributed by atoms with Crippen LogP contribution in [0.25, 0.3) is 0 Å². The molecule has 0 aliphatic carbocycles. The first-order chi connectivity index (χ1) is 7.10. The molecule has 1 N–H and O–H groups in total. The van der Waals surface area contributed by atoms with Crippen LogP contribution in [0.5, 0.6) is 0 Å². The quantitative estimate of drug-likeness (QED) is 0.764. The summed E-state index contributed by atoms with van der Waals surface area (Å²) in [7, 11) is 0. The maximum atomic E-state index is 14.4. The van der Waals surface area contributed by atoms with E-state index in [1.54, 1.807) is 6.92 Å². The molecular weight excluding hydrogens is 193 g/mol. The molecule has 1 fully saturated rings. The minimum Gasteiger partial charge on any atom is -0.379 e. The van der Waals surface area contributed by atoms with Crippen molar-refractivity contribution in [1.29, 1.82) is 0 Å². The van der Waals surface area contributed by atoms with Crippen molar-refractivity contribution in [3.63, 3.8) is 0 Å².